The number of fused-ring (bicyclic) bond motifs is 1. The van der Waals surface area contributed by atoms with E-state index in [1.165, 1.54) is 5.56 Å². The van der Waals surface area contributed by atoms with Gasteiger partial charge in [-0.25, -0.2) is 13.1 Å². The third-order valence-electron chi connectivity index (χ3n) is 3.66. The summed E-state index contributed by atoms with van der Waals surface area (Å²) < 4.78 is 24.5. The number of primary amides is 1. The van der Waals surface area contributed by atoms with Crippen LogP contribution < -0.4 is 10.5 Å². The molecule has 21 heavy (non-hydrogen) atoms. The number of nitrogens with two attached hydrogens (primary N) is 1. The molecule has 0 saturated heterocycles. The van der Waals surface area contributed by atoms with Gasteiger partial charge in [0.25, 0.3) is 0 Å². The number of hydrogen-bond acceptors (Lipinski definition) is 4. The molecule has 1 heterocycles. The van der Waals surface area contributed by atoms with E-state index in [0.29, 0.717) is 32.5 Å². The smallest absolute Gasteiger partial charge is 0.235 e. The first-order valence-corrected chi connectivity index (χ1v) is 8.81. The van der Waals surface area contributed by atoms with E-state index >= 15 is 0 Å². The summed E-state index contributed by atoms with van der Waals surface area (Å²) >= 11 is 0. The summed E-state index contributed by atoms with van der Waals surface area (Å²) in [5, 5.41) is 0. The minimum Gasteiger partial charge on any atom is -0.368 e. The number of carbonyl (C=O) groups is 1. The van der Waals surface area contributed by atoms with E-state index in [4.69, 9.17) is 5.73 Å². The molecular weight excluding hydrogens is 290 g/mol. The molecule has 0 aromatic heterocycles. The molecule has 0 aliphatic carbocycles. The maximum absolute atomic E-state index is 11.6. The lowest BCUT2D eigenvalue weighted by Crippen LogP contribution is -2.49. The highest BCUT2D eigenvalue weighted by Gasteiger charge is 2.29. The first-order chi connectivity index (χ1) is 9.87. The number of sulfonamides is 1. The third kappa shape index (κ3) is 4.52. The summed E-state index contributed by atoms with van der Waals surface area (Å²) in [6.45, 7) is 1.66. The molecule has 1 aromatic rings. The first kappa shape index (κ1) is 15.9. The van der Waals surface area contributed by atoms with Gasteiger partial charge in [0.2, 0.25) is 15.9 Å². The minimum atomic E-state index is -3.17. The van der Waals surface area contributed by atoms with Crippen LogP contribution in [0.5, 0.6) is 0 Å². The molecule has 1 aromatic carbocycles. The topological polar surface area (TPSA) is 92.5 Å². The predicted molar refractivity (Wildman–Crippen MR) is 81.0 cm³/mol. The lowest BCUT2D eigenvalue weighted by molar-refractivity contribution is -0.123. The maximum atomic E-state index is 11.6. The van der Waals surface area contributed by atoms with Gasteiger partial charge >= 0.3 is 0 Å². The third-order valence-corrected chi connectivity index (χ3v) is 4.39. The Labute approximate surface area is 125 Å². The summed E-state index contributed by atoms with van der Waals surface area (Å²) in [7, 11) is -3.17. The van der Waals surface area contributed by atoms with Crippen molar-refractivity contribution in [2.45, 2.75) is 25.4 Å². The largest absolute Gasteiger partial charge is 0.368 e. The highest BCUT2D eigenvalue weighted by Crippen LogP contribution is 2.23. The molecule has 0 unspecified atom stereocenters. The van der Waals surface area contributed by atoms with Crippen LogP contribution in [0.15, 0.2) is 24.3 Å². The summed E-state index contributed by atoms with van der Waals surface area (Å²) in [6.07, 6.45) is 2.39. The number of hydrogen-bond donors (Lipinski definition) is 2. The van der Waals surface area contributed by atoms with E-state index in [1.807, 2.05) is 29.2 Å². The van der Waals surface area contributed by atoms with Gasteiger partial charge in [-0.1, -0.05) is 24.3 Å². The molecule has 1 aliphatic heterocycles. The Balaban J connectivity index is 1.98. The zero-order chi connectivity index (χ0) is 15.5. The van der Waals surface area contributed by atoms with Crippen LogP contribution in [0.2, 0.25) is 0 Å². The molecular formula is C14H21N3O3S. The molecule has 0 bridgehead atoms. The molecule has 1 amide bonds. The van der Waals surface area contributed by atoms with Crippen LogP contribution in [-0.4, -0.2) is 44.6 Å². The standard InChI is InChI=1S/C14H21N3O3S/c1-21(19,20)16-7-4-8-17-10-12-6-3-2-5-11(12)9-13(17)14(15)18/h2-3,5-6,13,16H,4,7-10H2,1H3,(H2,15,18)/t13-/m1/s1. The van der Waals surface area contributed by atoms with Gasteiger partial charge in [0.05, 0.1) is 12.3 Å². The van der Waals surface area contributed by atoms with Crippen LogP contribution in [0.1, 0.15) is 17.5 Å². The zero-order valence-corrected chi connectivity index (χ0v) is 12.9. The molecule has 3 N–H and O–H groups in total. The normalized spacial score (nSPS) is 19.2. The quantitative estimate of drug-likeness (QED) is 0.714. The van der Waals surface area contributed by atoms with Crippen molar-refractivity contribution in [3.8, 4) is 0 Å². The van der Waals surface area contributed by atoms with E-state index < -0.39 is 10.0 Å². The van der Waals surface area contributed by atoms with Gasteiger partial charge in [0, 0.05) is 19.6 Å². The molecule has 1 aliphatic rings. The number of amides is 1. The molecule has 0 fully saturated rings. The number of carbonyl (C=O) groups excluding carboxylic acids is 1. The SMILES string of the molecule is CS(=O)(=O)NCCCN1Cc2ccccc2C[C@@H]1C(N)=O. The average Bonchev–Trinajstić information content (AvgIpc) is 2.41. The van der Waals surface area contributed by atoms with Gasteiger partial charge in [-0.3, -0.25) is 9.69 Å². The van der Waals surface area contributed by atoms with Crippen molar-refractivity contribution in [1.82, 2.24) is 9.62 Å². The zero-order valence-electron chi connectivity index (χ0n) is 12.1. The summed E-state index contributed by atoms with van der Waals surface area (Å²) in [5.41, 5.74) is 7.86. The van der Waals surface area contributed by atoms with Crippen LogP contribution in [-0.2, 0) is 27.8 Å². The second-order valence-electron chi connectivity index (χ2n) is 5.38. The molecule has 6 nitrogen and oxygen atoms in total. The monoisotopic (exact) mass is 311 g/mol. The van der Waals surface area contributed by atoms with Crippen molar-refractivity contribution in [2.24, 2.45) is 5.73 Å². The molecule has 116 valence electrons. The van der Waals surface area contributed by atoms with Gasteiger partial charge in [0.1, 0.15) is 0 Å². The second kappa shape index (κ2) is 6.55. The Morgan fingerprint density at radius 3 is 2.67 bits per heavy atom. The van der Waals surface area contributed by atoms with Crippen molar-refractivity contribution in [1.29, 1.82) is 0 Å². The van der Waals surface area contributed by atoms with Gasteiger partial charge in [-0.05, 0) is 24.0 Å². The maximum Gasteiger partial charge on any atom is 0.235 e. The highest BCUT2D eigenvalue weighted by molar-refractivity contribution is 7.88. The molecule has 7 heteroatoms. The number of nitrogens with one attached hydrogen (secondary N) is 1. The van der Waals surface area contributed by atoms with Crippen LogP contribution >= 0.6 is 0 Å². The van der Waals surface area contributed by atoms with E-state index in [9.17, 15) is 13.2 Å². The summed E-state index contributed by atoms with van der Waals surface area (Å²) in [5.74, 6) is -0.333. The Bertz CT molecular complexity index is 616. The van der Waals surface area contributed by atoms with Crippen molar-refractivity contribution in [2.75, 3.05) is 19.3 Å². The molecule has 1 atom stereocenters. The highest BCUT2D eigenvalue weighted by atomic mass is 32.2. The first-order valence-electron chi connectivity index (χ1n) is 6.91. The number of rotatable bonds is 6. The van der Waals surface area contributed by atoms with Crippen LogP contribution in [0.25, 0.3) is 0 Å². The van der Waals surface area contributed by atoms with E-state index in [2.05, 4.69) is 4.72 Å². The van der Waals surface area contributed by atoms with Gasteiger partial charge < -0.3 is 5.73 Å². The minimum absolute atomic E-state index is 0.321. The van der Waals surface area contributed by atoms with Crippen molar-refractivity contribution < 1.29 is 13.2 Å². The predicted octanol–water partition coefficient (Wildman–Crippen LogP) is -0.162. The van der Waals surface area contributed by atoms with Crippen molar-refractivity contribution in [3.05, 3.63) is 35.4 Å². The van der Waals surface area contributed by atoms with Crippen LogP contribution in [0.3, 0.4) is 0 Å². The fraction of sp³-hybridized carbons (Fsp3) is 0.500. The van der Waals surface area contributed by atoms with Crippen molar-refractivity contribution in [3.63, 3.8) is 0 Å². The van der Waals surface area contributed by atoms with E-state index in [1.54, 1.807) is 0 Å². The molecule has 2 rings (SSSR count). The fourth-order valence-corrected chi connectivity index (χ4v) is 3.15. The van der Waals surface area contributed by atoms with Gasteiger partial charge in [-0.2, -0.15) is 0 Å². The summed E-state index contributed by atoms with van der Waals surface area (Å²) in [6, 6.07) is 7.69. The van der Waals surface area contributed by atoms with Gasteiger partial charge in [-0.15, -0.1) is 0 Å². The van der Waals surface area contributed by atoms with E-state index in [0.717, 1.165) is 11.8 Å². The Morgan fingerprint density at radius 2 is 2.05 bits per heavy atom. The van der Waals surface area contributed by atoms with Crippen LogP contribution in [0, 0.1) is 0 Å². The Kier molecular flexibility index (Phi) is 4.97. The van der Waals surface area contributed by atoms with Gasteiger partial charge in [0.15, 0.2) is 0 Å². The lowest BCUT2D eigenvalue weighted by atomic mass is 9.93. The number of nitrogens with zero attached hydrogens (tertiary/aromatic N) is 1. The molecule has 0 spiro atoms. The number of benzene rings is 1. The van der Waals surface area contributed by atoms with Crippen molar-refractivity contribution >= 4 is 15.9 Å². The lowest BCUT2D eigenvalue weighted by Gasteiger charge is -2.35. The second-order valence-corrected chi connectivity index (χ2v) is 7.21. The fourth-order valence-electron chi connectivity index (χ4n) is 2.63. The molecule has 0 saturated carbocycles. The Hall–Kier alpha value is -1.44. The average molecular weight is 311 g/mol. The Morgan fingerprint density at radius 1 is 1.38 bits per heavy atom. The van der Waals surface area contributed by atoms with Crippen LogP contribution in [0.4, 0.5) is 0 Å². The summed E-state index contributed by atoms with van der Waals surface area (Å²) in [4.78, 5) is 13.7. The van der Waals surface area contributed by atoms with E-state index in [-0.39, 0.29) is 11.9 Å². The molecule has 0 radical (unpaired) electrons.